The van der Waals surface area contributed by atoms with Gasteiger partial charge in [0.1, 0.15) is 0 Å². The van der Waals surface area contributed by atoms with Crippen molar-refractivity contribution in [2.75, 3.05) is 6.54 Å². The predicted molar refractivity (Wildman–Crippen MR) is 83.1 cm³/mol. The lowest BCUT2D eigenvalue weighted by Crippen LogP contribution is -2.35. The molecule has 2 aliphatic rings. The summed E-state index contributed by atoms with van der Waals surface area (Å²) in [6, 6.07) is 0. The minimum atomic E-state index is -0.0519. The summed E-state index contributed by atoms with van der Waals surface area (Å²) in [5, 5.41) is 4.32. The van der Waals surface area contributed by atoms with Gasteiger partial charge in [-0.05, 0) is 31.6 Å². The highest BCUT2D eigenvalue weighted by Crippen LogP contribution is 2.39. The Bertz CT molecular complexity index is 441. The largest absolute Gasteiger partial charge is 0.339 e. The first kappa shape index (κ1) is 15.0. The highest BCUT2D eigenvalue weighted by atomic mass is 16.5. The Hall–Kier alpha value is -0.900. The summed E-state index contributed by atoms with van der Waals surface area (Å²) in [4.78, 5) is 4.81. The molecule has 0 aliphatic heterocycles. The fourth-order valence-corrected chi connectivity index (χ4v) is 4.05. The van der Waals surface area contributed by atoms with Crippen LogP contribution >= 0.6 is 0 Å². The molecule has 2 saturated carbocycles. The van der Waals surface area contributed by atoms with Crippen LogP contribution in [0.25, 0.3) is 0 Å². The van der Waals surface area contributed by atoms with E-state index in [2.05, 4.69) is 12.1 Å². The molecule has 3 rings (SSSR count). The summed E-state index contributed by atoms with van der Waals surface area (Å²) in [5.74, 6) is 3.11. The molecule has 0 bridgehead atoms. The van der Waals surface area contributed by atoms with Crippen LogP contribution in [-0.4, -0.2) is 16.7 Å². The van der Waals surface area contributed by atoms with E-state index in [9.17, 15) is 0 Å². The maximum absolute atomic E-state index is 6.12. The summed E-state index contributed by atoms with van der Waals surface area (Å²) < 4.78 is 5.69. The van der Waals surface area contributed by atoms with Crippen LogP contribution in [0, 0.1) is 5.92 Å². The third-order valence-corrected chi connectivity index (χ3v) is 5.73. The number of nitrogens with two attached hydrogens (primary N) is 1. The fourth-order valence-electron chi connectivity index (χ4n) is 4.05. The monoisotopic (exact) mass is 291 g/mol. The lowest BCUT2D eigenvalue weighted by molar-refractivity contribution is 0.254. The van der Waals surface area contributed by atoms with Crippen LogP contribution in [0.15, 0.2) is 4.52 Å². The Labute approximate surface area is 127 Å². The van der Waals surface area contributed by atoms with Gasteiger partial charge in [-0.3, -0.25) is 0 Å². The maximum atomic E-state index is 6.12. The van der Waals surface area contributed by atoms with Crippen molar-refractivity contribution in [2.24, 2.45) is 11.7 Å². The van der Waals surface area contributed by atoms with Gasteiger partial charge in [-0.25, -0.2) is 0 Å². The molecule has 2 aliphatic carbocycles. The van der Waals surface area contributed by atoms with Gasteiger partial charge in [-0.15, -0.1) is 0 Å². The maximum Gasteiger partial charge on any atom is 0.234 e. The van der Waals surface area contributed by atoms with Gasteiger partial charge in [0.2, 0.25) is 5.89 Å². The molecule has 4 nitrogen and oxygen atoms in total. The second-order valence-electron chi connectivity index (χ2n) is 7.31. The molecular formula is C17H29N3O. The zero-order valence-electron chi connectivity index (χ0n) is 13.3. The molecule has 0 amide bonds. The van der Waals surface area contributed by atoms with Gasteiger partial charge in [0.15, 0.2) is 5.82 Å². The standard InChI is InChI=1S/C17H29N3O/c1-13-6-8-14(9-7-13)15-19-16(21-20-15)17(12-18)10-4-2-3-5-11-17/h13-14H,2-12,18H2,1H3. The van der Waals surface area contributed by atoms with Crippen molar-refractivity contribution >= 4 is 0 Å². The number of aromatic nitrogens is 2. The van der Waals surface area contributed by atoms with Crippen molar-refractivity contribution in [3.05, 3.63) is 11.7 Å². The van der Waals surface area contributed by atoms with E-state index in [1.54, 1.807) is 0 Å². The molecule has 2 fully saturated rings. The van der Waals surface area contributed by atoms with Gasteiger partial charge >= 0.3 is 0 Å². The van der Waals surface area contributed by atoms with Gasteiger partial charge in [0.25, 0.3) is 0 Å². The van der Waals surface area contributed by atoms with E-state index in [0.717, 1.165) is 30.5 Å². The quantitative estimate of drug-likeness (QED) is 0.857. The van der Waals surface area contributed by atoms with E-state index in [1.807, 2.05) is 0 Å². The lowest BCUT2D eigenvalue weighted by Gasteiger charge is -2.27. The Morgan fingerprint density at radius 3 is 2.38 bits per heavy atom. The Morgan fingerprint density at radius 1 is 1.10 bits per heavy atom. The highest BCUT2D eigenvalue weighted by Gasteiger charge is 2.38. The summed E-state index contributed by atoms with van der Waals surface area (Å²) in [7, 11) is 0. The van der Waals surface area contributed by atoms with E-state index in [0.29, 0.717) is 12.5 Å². The number of nitrogens with zero attached hydrogens (tertiary/aromatic N) is 2. The molecule has 0 atom stereocenters. The summed E-state index contributed by atoms with van der Waals surface area (Å²) in [5.41, 5.74) is 6.07. The SMILES string of the molecule is CC1CCC(c2noc(C3(CN)CCCCCC3)n2)CC1. The minimum Gasteiger partial charge on any atom is -0.339 e. The zero-order chi connectivity index (χ0) is 14.7. The van der Waals surface area contributed by atoms with E-state index in [-0.39, 0.29) is 5.41 Å². The van der Waals surface area contributed by atoms with Crippen LogP contribution in [0.3, 0.4) is 0 Å². The van der Waals surface area contributed by atoms with E-state index < -0.39 is 0 Å². The molecule has 0 saturated heterocycles. The molecule has 0 aromatic carbocycles. The van der Waals surface area contributed by atoms with Crippen LogP contribution in [0.1, 0.15) is 88.8 Å². The molecule has 118 valence electrons. The smallest absolute Gasteiger partial charge is 0.234 e. The molecule has 21 heavy (non-hydrogen) atoms. The van der Waals surface area contributed by atoms with Gasteiger partial charge in [-0.2, -0.15) is 4.98 Å². The molecule has 2 N–H and O–H groups in total. The first-order chi connectivity index (χ1) is 10.2. The second kappa shape index (κ2) is 6.47. The predicted octanol–water partition coefficient (Wildman–Crippen LogP) is 3.91. The van der Waals surface area contributed by atoms with Crippen LogP contribution in [-0.2, 0) is 5.41 Å². The average molecular weight is 291 g/mol. The first-order valence-corrected chi connectivity index (χ1v) is 8.78. The summed E-state index contributed by atoms with van der Waals surface area (Å²) in [6.07, 6.45) is 12.3. The second-order valence-corrected chi connectivity index (χ2v) is 7.31. The van der Waals surface area contributed by atoms with Gasteiger partial charge in [-0.1, -0.05) is 50.6 Å². The molecule has 1 heterocycles. The number of hydrogen-bond acceptors (Lipinski definition) is 4. The molecule has 0 radical (unpaired) electrons. The summed E-state index contributed by atoms with van der Waals surface area (Å²) in [6.45, 7) is 2.98. The van der Waals surface area contributed by atoms with Crippen molar-refractivity contribution in [2.45, 2.75) is 82.5 Å². The van der Waals surface area contributed by atoms with Crippen molar-refractivity contribution in [3.8, 4) is 0 Å². The normalized spacial score (nSPS) is 30.0. The molecule has 0 spiro atoms. The van der Waals surface area contributed by atoms with Crippen LogP contribution in [0.2, 0.25) is 0 Å². The van der Waals surface area contributed by atoms with Crippen molar-refractivity contribution in [3.63, 3.8) is 0 Å². The minimum absolute atomic E-state index is 0.0519. The number of hydrogen-bond donors (Lipinski definition) is 1. The van der Waals surface area contributed by atoms with Gasteiger partial charge in [0.05, 0.1) is 5.41 Å². The van der Waals surface area contributed by atoms with Crippen molar-refractivity contribution < 1.29 is 4.52 Å². The van der Waals surface area contributed by atoms with Gasteiger partial charge < -0.3 is 10.3 Å². The topological polar surface area (TPSA) is 64.9 Å². The van der Waals surface area contributed by atoms with Crippen LogP contribution in [0.5, 0.6) is 0 Å². The molecule has 1 aromatic rings. The van der Waals surface area contributed by atoms with Crippen molar-refractivity contribution in [1.29, 1.82) is 0 Å². The van der Waals surface area contributed by atoms with E-state index >= 15 is 0 Å². The third kappa shape index (κ3) is 3.15. The van der Waals surface area contributed by atoms with Crippen molar-refractivity contribution in [1.82, 2.24) is 10.1 Å². The molecule has 4 heteroatoms. The third-order valence-electron chi connectivity index (χ3n) is 5.73. The van der Waals surface area contributed by atoms with Crippen LogP contribution < -0.4 is 5.73 Å². The highest BCUT2D eigenvalue weighted by molar-refractivity contribution is 5.09. The number of rotatable bonds is 3. The average Bonchev–Trinajstić information content (AvgIpc) is 2.88. The molecule has 0 unspecified atom stereocenters. The Kier molecular flexibility index (Phi) is 4.63. The van der Waals surface area contributed by atoms with Crippen LogP contribution in [0.4, 0.5) is 0 Å². The Balaban J connectivity index is 1.76. The van der Waals surface area contributed by atoms with E-state index in [1.165, 1.54) is 51.4 Å². The van der Waals surface area contributed by atoms with Gasteiger partial charge in [0, 0.05) is 12.5 Å². The fraction of sp³-hybridized carbons (Fsp3) is 0.882. The zero-order valence-corrected chi connectivity index (χ0v) is 13.3. The first-order valence-electron chi connectivity index (χ1n) is 8.78. The Morgan fingerprint density at radius 2 is 1.76 bits per heavy atom. The van der Waals surface area contributed by atoms with E-state index in [4.69, 9.17) is 15.2 Å². The summed E-state index contributed by atoms with van der Waals surface area (Å²) >= 11 is 0. The molecule has 1 aromatic heterocycles. The molecular weight excluding hydrogens is 262 g/mol. The lowest BCUT2D eigenvalue weighted by atomic mass is 9.80.